The molecule has 13 amide bonds. The van der Waals surface area contributed by atoms with Gasteiger partial charge < -0.3 is 114 Å². The number of nitrogens with two attached hydrogens (primary N) is 4. The van der Waals surface area contributed by atoms with Crippen LogP contribution in [-0.2, 0) is 121 Å². The van der Waals surface area contributed by atoms with Crippen molar-refractivity contribution in [2.24, 2.45) is 27.7 Å². The summed E-state index contributed by atoms with van der Waals surface area (Å²) >= 11 is 0. The van der Waals surface area contributed by atoms with Crippen LogP contribution in [0.3, 0.4) is 0 Å². The van der Waals surface area contributed by atoms with Crippen LogP contribution in [0.5, 0.6) is 11.5 Å². The summed E-state index contributed by atoms with van der Waals surface area (Å²) in [7, 11) is -9.16. The molecule has 47 heteroatoms. The van der Waals surface area contributed by atoms with Crippen LogP contribution in [0.15, 0.2) is 78.9 Å². The van der Waals surface area contributed by atoms with Crippen molar-refractivity contribution in [3.05, 3.63) is 95.6 Å². The normalized spacial score (nSPS) is 16.0. The lowest BCUT2D eigenvalue weighted by molar-refractivity contribution is -0.143. The smallest absolute Gasteiger partial charge is 0.380 e. The Morgan fingerprint density at radius 1 is 0.470 bits per heavy atom. The Morgan fingerprint density at radius 2 is 0.846 bits per heavy atom. The largest absolute Gasteiger partial charge is 0.481 e. The Hall–Kier alpha value is -12.0. The predicted molar refractivity (Wildman–Crippen MR) is 403 cm³/mol. The number of likely N-dealkylation sites (tertiary alicyclic amines) is 1. The molecule has 12 atom stereocenters. The van der Waals surface area contributed by atoms with Gasteiger partial charge in [-0.1, -0.05) is 68.4 Å². The Bertz CT molecular complexity index is 4350. The summed E-state index contributed by atoms with van der Waals surface area (Å²) in [5.41, 5.74) is 6.68. The molecule has 0 spiro atoms. The molecule has 1 saturated heterocycles. The maximum absolute atomic E-state index is 14.9. The molecule has 0 radical (unpaired) electrons. The molecular weight excluding hydrogens is 1590 g/mol. The van der Waals surface area contributed by atoms with E-state index >= 15 is 0 Å². The second kappa shape index (κ2) is 44.7. The maximum Gasteiger partial charge on any atom is 0.380 e. The third-order valence-electron chi connectivity index (χ3n) is 17.3. The molecule has 0 unspecified atom stereocenters. The van der Waals surface area contributed by atoms with E-state index in [1.54, 1.807) is 6.07 Å². The van der Waals surface area contributed by atoms with Crippen molar-refractivity contribution in [2.75, 3.05) is 13.1 Å². The van der Waals surface area contributed by atoms with Gasteiger partial charge in [-0.3, -0.25) is 81.5 Å². The van der Waals surface area contributed by atoms with Crippen molar-refractivity contribution in [1.29, 1.82) is 0 Å². The number of rotatable bonds is 49. The minimum atomic E-state index is -4.61. The zero-order valence-corrected chi connectivity index (χ0v) is 65.7. The number of nitrogens with zero attached hydrogens (tertiary/aromatic N) is 1. The molecule has 117 heavy (non-hydrogen) atoms. The van der Waals surface area contributed by atoms with Gasteiger partial charge in [-0.25, -0.2) is 0 Å². The summed E-state index contributed by atoms with van der Waals surface area (Å²) < 4.78 is 56.3. The maximum atomic E-state index is 14.9. The number of carboxylic acid groups (broad SMARTS) is 4. The van der Waals surface area contributed by atoms with Crippen LogP contribution in [-0.4, -0.2) is 238 Å². The fourth-order valence-corrected chi connectivity index (χ4v) is 12.4. The molecule has 45 nitrogen and oxygen atoms in total. The number of carboxylic acids is 4. The highest BCUT2D eigenvalue weighted by Gasteiger charge is 2.40. The van der Waals surface area contributed by atoms with Gasteiger partial charge in [0.2, 0.25) is 76.8 Å². The molecule has 1 aliphatic rings. The minimum absolute atomic E-state index is 0.0580. The number of amides is 13. The lowest BCUT2D eigenvalue weighted by Gasteiger charge is -2.31. The number of primary amides is 1. The van der Waals surface area contributed by atoms with Gasteiger partial charge in [-0.05, 0) is 106 Å². The van der Waals surface area contributed by atoms with E-state index < -0.39 is 283 Å². The van der Waals surface area contributed by atoms with Gasteiger partial charge >= 0.3 is 44.5 Å². The zero-order chi connectivity index (χ0) is 88.0. The highest BCUT2D eigenvalue weighted by molar-refractivity contribution is 7.85. The molecule has 1 fully saturated rings. The second-order valence-electron chi connectivity index (χ2n) is 28.1. The van der Waals surface area contributed by atoms with E-state index in [-0.39, 0.29) is 42.0 Å². The molecule has 3 aromatic carbocycles. The van der Waals surface area contributed by atoms with E-state index in [9.17, 15) is 124 Å². The van der Waals surface area contributed by atoms with Crippen molar-refractivity contribution in [1.82, 2.24) is 63.4 Å². The number of hydrogen-bond acceptors (Lipinski definition) is 26. The first-order valence-corrected chi connectivity index (χ1v) is 39.0. The van der Waals surface area contributed by atoms with E-state index in [1.165, 1.54) is 74.2 Å². The molecule has 0 aliphatic carbocycles. The number of carbonyl (C=O) groups is 17. The molecule has 0 aromatic heterocycles. The lowest BCUT2D eigenvalue weighted by atomic mass is 10.0. The van der Waals surface area contributed by atoms with Gasteiger partial charge in [0.05, 0.1) is 25.4 Å². The Morgan fingerprint density at radius 3 is 1.27 bits per heavy atom. The number of aliphatic hydroxyl groups is 2. The Kier molecular flexibility index (Phi) is 37.2. The topological polar surface area (TPSA) is 738 Å². The van der Waals surface area contributed by atoms with Gasteiger partial charge in [0.15, 0.2) is 0 Å². The molecular formula is C70H98N16O29S2. The van der Waals surface area contributed by atoms with Crippen LogP contribution in [0.25, 0.3) is 0 Å². The number of benzene rings is 3. The molecule has 0 bridgehead atoms. The van der Waals surface area contributed by atoms with Crippen molar-refractivity contribution >= 4 is 121 Å². The standard InChI is InChI=1S/C70H98N16O29S2/c1-36(2)58(83-64(103)46(24-28-57(96)97)78-60(99)43(71)21-25-54(90)91)67(106)85-70(5,109)34-52(88)84-69(4,108)33-51(87)77-48(30-38-10-7-6-8-11-38)65(104)79-45(23-27-56(94)95)63(102)82-49(32-40-15-19-42(20-16-40)115-117(74,112)113)66(105)80-44(22-26-55(92)93)62(101)81-47(31-39-13-17-41(18-14-39)114-116(73,110)111)61(100)75-35-53(89)76-37(3)68(107)86-29-9-12-50(86)59(72)98/h6-8,10-11,13-20,36-37,43-50,58,108-109H,9,12,21-35,71H2,1-5H3,(H2,72,98)(H,75,100)(H,76,89)(H,77,87)(H,78,99)(H,79,104)(H,80,105)(H,81,101)(H,82,102)(H,83,103)(H,84,88)(H,85,106)(H,90,91)(H,92,93)(H,94,95)(H,96,97)(H2,73,110,111)(H2,74,112,113)/t37-,43-,44-,45-,46-,47-,48-,49-,50-,58-,69+,70+/m0/s1. The molecule has 25 N–H and O–H groups in total. The van der Waals surface area contributed by atoms with Crippen LogP contribution in [0, 0.1) is 5.92 Å². The molecule has 1 aliphatic heterocycles. The molecule has 3 aromatic rings. The van der Waals surface area contributed by atoms with Gasteiger partial charge in [0.25, 0.3) is 0 Å². The molecule has 1 heterocycles. The van der Waals surface area contributed by atoms with Gasteiger partial charge in [0, 0.05) is 51.5 Å². The molecule has 644 valence electrons. The summed E-state index contributed by atoms with van der Waals surface area (Å²) in [6.07, 6.45) is -8.47. The summed E-state index contributed by atoms with van der Waals surface area (Å²) in [4.78, 5) is 227. The van der Waals surface area contributed by atoms with Crippen LogP contribution < -0.4 is 88.6 Å². The lowest BCUT2D eigenvalue weighted by Crippen LogP contribution is -2.61. The van der Waals surface area contributed by atoms with Crippen molar-refractivity contribution in [3.63, 3.8) is 0 Å². The van der Waals surface area contributed by atoms with Gasteiger partial charge in [-0.2, -0.15) is 27.1 Å². The first-order chi connectivity index (χ1) is 54.4. The zero-order valence-electron chi connectivity index (χ0n) is 64.0. The van der Waals surface area contributed by atoms with Gasteiger partial charge in [-0.15, -0.1) is 0 Å². The monoisotopic (exact) mass is 1690 g/mol. The van der Waals surface area contributed by atoms with Gasteiger partial charge in [0.1, 0.15) is 77.3 Å². The van der Waals surface area contributed by atoms with Crippen molar-refractivity contribution < 1.29 is 137 Å². The number of aliphatic carboxylic acids is 4. The second-order valence-corrected chi connectivity index (χ2v) is 30.4. The van der Waals surface area contributed by atoms with Crippen LogP contribution in [0.4, 0.5) is 0 Å². The average Bonchev–Trinajstić information content (AvgIpc) is 1.72. The summed E-state index contributed by atoms with van der Waals surface area (Å²) in [5, 5.41) is 96.2. The summed E-state index contributed by atoms with van der Waals surface area (Å²) in [5.74, 6) is -21.6. The van der Waals surface area contributed by atoms with Crippen LogP contribution in [0.1, 0.15) is 128 Å². The Balaban J connectivity index is 1.63. The van der Waals surface area contributed by atoms with E-state index in [0.717, 1.165) is 38.1 Å². The fraction of sp³-hybridized carbons (Fsp3) is 0.500. The van der Waals surface area contributed by atoms with E-state index in [2.05, 4.69) is 62.7 Å². The average molecular weight is 1690 g/mol. The SMILES string of the molecule is CC(C)[C@H](NC(=O)[C@H](CCC(=O)O)NC(=O)[C@@H](N)CCC(=O)O)C(=O)N[C@](C)(O)CC(=O)N[C@](C)(O)CC(=O)N[C@@H](Cc1ccccc1)C(=O)N[C@@H](CCC(=O)O)C(=O)N[C@@H](Cc1ccc(OS(N)(=O)=O)cc1)C(=O)N[C@@H](CCC(=O)O)C(=O)N[C@@H](Cc1ccc(OS(N)(=O)=O)cc1)C(=O)NCC(=O)N[C@@H](C)C(=O)N1CCC[C@H]1C(N)=O. The first kappa shape index (κ1) is 97.3. The highest BCUT2D eigenvalue weighted by atomic mass is 32.2. The quantitative estimate of drug-likeness (QED) is 0.0234. The Labute approximate surface area is 669 Å². The van der Waals surface area contributed by atoms with Crippen LogP contribution in [0.2, 0.25) is 0 Å². The fourth-order valence-electron chi connectivity index (χ4n) is 11.6. The third kappa shape index (κ3) is 36.1. The van der Waals surface area contributed by atoms with E-state index in [1.807, 2.05) is 0 Å². The summed E-state index contributed by atoms with van der Waals surface area (Å²) in [6, 6.07) is 0.496. The number of hydrogen-bond donors (Lipinski definition) is 21. The highest BCUT2D eigenvalue weighted by Crippen LogP contribution is 2.21. The number of carbonyl (C=O) groups excluding carboxylic acids is 13. The van der Waals surface area contributed by atoms with Crippen molar-refractivity contribution in [2.45, 2.75) is 203 Å². The third-order valence-corrected chi connectivity index (χ3v) is 18.1. The summed E-state index contributed by atoms with van der Waals surface area (Å²) in [6.45, 7) is 5.31. The molecule has 0 saturated carbocycles. The molecule has 4 rings (SSSR count). The predicted octanol–water partition coefficient (Wildman–Crippen LogP) is -6.76. The number of nitrogens with one attached hydrogen (secondary N) is 11. The van der Waals surface area contributed by atoms with Crippen LogP contribution >= 0.6 is 0 Å². The van der Waals surface area contributed by atoms with E-state index in [4.69, 9.17) is 31.0 Å². The first-order valence-electron chi connectivity index (χ1n) is 36.0. The minimum Gasteiger partial charge on any atom is -0.481 e. The van der Waals surface area contributed by atoms with E-state index in [0.29, 0.717) is 12.0 Å². The van der Waals surface area contributed by atoms with Crippen molar-refractivity contribution in [3.8, 4) is 11.5 Å².